The molecule has 1 aliphatic rings. The fraction of sp³-hybridized carbons (Fsp3) is 0.467. The monoisotopic (exact) mass is 301 g/mol. The van der Waals surface area contributed by atoms with Crippen LogP contribution in [-0.4, -0.2) is 18.8 Å². The van der Waals surface area contributed by atoms with Gasteiger partial charge in [-0.15, -0.1) is 11.8 Å². The summed E-state index contributed by atoms with van der Waals surface area (Å²) in [7, 11) is 0. The van der Waals surface area contributed by atoms with Crippen molar-refractivity contribution in [2.75, 3.05) is 12.9 Å². The fourth-order valence-corrected chi connectivity index (χ4v) is 3.28. The Morgan fingerprint density at radius 1 is 1.33 bits per heavy atom. The van der Waals surface area contributed by atoms with E-state index in [0.717, 1.165) is 12.8 Å². The Balaban J connectivity index is 3.35. The van der Waals surface area contributed by atoms with E-state index < -0.39 is 5.97 Å². The minimum absolute atomic E-state index is 0.0149. The lowest BCUT2D eigenvalue weighted by Gasteiger charge is -2.16. The van der Waals surface area contributed by atoms with E-state index in [0.29, 0.717) is 16.9 Å². The fourth-order valence-electron chi connectivity index (χ4n) is 2.44. The highest BCUT2D eigenvalue weighted by molar-refractivity contribution is 8.02. The van der Waals surface area contributed by atoms with E-state index in [1.54, 1.807) is 13.2 Å². The van der Waals surface area contributed by atoms with Gasteiger partial charge in [-0.3, -0.25) is 0 Å². The zero-order valence-corrected chi connectivity index (χ0v) is 12.8. The van der Waals surface area contributed by atoms with E-state index in [2.05, 4.69) is 0 Å². The first-order valence-corrected chi connectivity index (χ1v) is 7.75. The van der Waals surface area contributed by atoms with Gasteiger partial charge in [0.15, 0.2) is 0 Å². The second-order valence-corrected chi connectivity index (χ2v) is 5.19. The second kappa shape index (κ2) is 8.15. The summed E-state index contributed by atoms with van der Waals surface area (Å²) >= 11 is 1.32. The van der Waals surface area contributed by atoms with Gasteiger partial charge in [-0.25, -0.2) is 4.79 Å². The lowest BCUT2D eigenvalue weighted by atomic mass is 9.95. The van der Waals surface area contributed by atoms with E-state index >= 15 is 0 Å². The van der Waals surface area contributed by atoms with Gasteiger partial charge < -0.3 is 4.74 Å². The zero-order chi connectivity index (χ0) is 15.8. The highest BCUT2D eigenvalue weighted by atomic mass is 32.2. The highest BCUT2D eigenvalue weighted by Gasteiger charge is 2.31. The van der Waals surface area contributed by atoms with Crippen LogP contribution in [0.1, 0.15) is 26.2 Å². The van der Waals surface area contributed by atoms with Crippen LogP contribution in [0.5, 0.6) is 0 Å². The summed E-state index contributed by atoms with van der Waals surface area (Å²) in [5, 5.41) is 27.3. The predicted molar refractivity (Wildman–Crippen MR) is 78.4 cm³/mol. The van der Waals surface area contributed by atoms with Crippen LogP contribution in [0.2, 0.25) is 0 Å². The first kappa shape index (κ1) is 16.8. The summed E-state index contributed by atoms with van der Waals surface area (Å²) in [6.07, 6.45) is 3.94. The number of thioether (sulfide) groups is 1. The van der Waals surface area contributed by atoms with Gasteiger partial charge in [0.1, 0.15) is 29.4 Å². The summed E-state index contributed by atoms with van der Waals surface area (Å²) in [4.78, 5) is 12.5. The van der Waals surface area contributed by atoms with Crippen LogP contribution in [0.4, 0.5) is 0 Å². The van der Waals surface area contributed by atoms with Crippen LogP contribution in [0.15, 0.2) is 21.6 Å². The molecule has 1 atom stereocenters. The van der Waals surface area contributed by atoms with Crippen LogP contribution in [0.25, 0.3) is 0 Å². The molecule has 0 aromatic heterocycles. The Bertz CT molecular complexity index is 598. The van der Waals surface area contributed by atoms with E-state index in [1.807, 2.05) is 18.2 Å². The van der Waals surface area contributed by atoms with Gasteiger partial charge in [0, 0.05) is 10.8 Å². The van der Waals surface area contributed by atoms with Crippen LogP contribution in [0, 0.1) is 39.9 Å². The van der Waals surface area contributed by atoms with Crippen LogP contribution in [0.3, 0.4) is 0 Å². The molecule has 5 nitrogen and oxygen atoms in total. The highest BCUT2D eigenvalue weighted by Crippen LogP contribution is 2.43. The Morgan fingerprint density at radius 2 is 2.00 bits per heavy atom. The van der Waals surface area contributed by atoms with Crippen molar-refractivity contribution < 1.29 is 9.53 Å². The molecule has 0 saturated heterocycles. The standard InChI is InChI=1S/C15H15N3O2S/c1-3-20-15(19)13(9-18)11-5-4-6-12(11)14(21-2)10(7-16)8-17/h12H,3-6H2,1-2H3/b13-11-. The van der Waals surface area contributed by atoms with Crippen LogP contribution < -0.4 is 0 Å². The maximum atomic E-state index is 11.9. The SMILES string of the molecule is CCOC(=O)/C(C#N)=C1/CCCC1C(SC)=C(C#N)C#N. The van der Waals surface area contributed by atoms with E-state index in [-0.39, 0.29) is 23.7 Å². The van der Waals surface area contributed by atoms with Crippen molar-refractivity contribution in [3.63, 3.8) is 0 Å². The van der Waals surface area contributed by atoms with E-state index in [1.165, 1.54) is 11.8 Å². The van der Waals surface area contributed by atoms with Crippen molar-refractivity contribution >= 4 is 17.7 Å². The number of carbonyl (C=O) groups is 1. The zero-order valence-electron chi connectivity index (χ0n) is 12.0. The largest absolute Gasteiger partial charge is 0.462 e. The molecule has 1 rings (SSSR count). The second-order valence-electron chi connectivity index (χ2n) is 4.34. The Hall–Kier alpha value is -2.23. The van der Waals surface area contributed by atoms with Crippen molar-refractivity contribution in [3.05, 3.63) is 21.6 Å². The van der Waals surface area contributed by atoms with Crippen molar-refractivity contribution in [2.45, 2.75) is 26.2 Å². The summed E-state index contributed by atoms with van der Waals surface area (Å²) in [6.45, 7) is 1.88. The van der Waals surface area contributed by atoms with E-state index in [4.69, 9.17) is 15.3 Å². The third-order valence-electron chi connectivity index (χ3n) is 3.28. The lowest BCUT2D eigenvalue weighted by molar-refractivity contribution is -0.138. The first-order chi connectivity index (χ1) is 10.1. The summed E-state index contributed by atoms with van der Waals surface area (Å²) in [5.74, 6) is -0.842. The number of allylic oxidation sites excluding steroid dienone is 3. The molecule has 0 aliphatic heterocycles. The number of nitriles is 3. The van der Waals surface area contributed by atoms with Gasteiger partial charge in [-0.05, 0) is 38.0 Å². The minimum atomic E-state index is -0.627. The van der Waals surface area contributed by atoms with Crippen LogP contribution in [-0.2, 0) is 9.53 Å². The molecule has 0 heterocycles. The number of esters is 1. The Kier molecular flexibility index (Phi) is 6.53. The quantitative estimate of drug-likeness (QED) is 0.450. The maximum absolute atomic E-state index is 11.9. The first-order valence-electron chi connectivity index (χ1n) is 6.53. The summed E-state index contributed by atoms with van der Waals surface area (Å²) < 4.78 is 4.91. The number of hydrogen-bond donors (Lipinski definition) is 0. The number of carbonyl (C=O) groups excluding carboxylic acids is 1. The number of ether oxygens (including phenoxy) is 1. The smallest absolute Gasteiger partial charge is 0.348 e. The van der Waals surface area contributed by atoms with Gasteiger partial charge in [0.05, 0.1) is 6.61 Å². The molecule has 1 aliphatic carbocycles. The molecule has 0 radical (unpaired) electrons. The van der Waals surface area contributed by atoms with Gasteiger partial charge in [0.25, 0.3) is 0 Å². The normalized spacial score (nSPS) is 18.9. The molecule has 0 amide bonds. The third-order valence-corrected chi connectivity index (χ3v) is 4.21. The maximum Gasteiger partial charge on any atom is 0.348 e. The summed E-state index contributed by atoms with van der Waals surface area (Å²) in [6, 6.07) is 5.69. The van der Waals surface area contributed by atoms with Gasteiger partial charge in [-0.2, -0.15) is 15.8 Å². The third kappa shape index (κ3) is 3.66. The topological polar surface area (TPSA) is 97.7 Å². The van der Waals surface area contributed by atoms with Gasteiger partial charge >= 0.3 is 5.97 Å². The number of nitrogens with zero attached hydrogens (tertiary/aromatic N) is 3. The molecular formula is C15H15N3O2S. The molecule has 1 fully saturated rings. The molecule has 0 spiro atoms. The molecule has 21 heavy (non-hydrogen) atoms. The van der Waals surface area contributed by atoms with E-state index in [9.17, 15) is 10.1 Å². The molecule has 1 unspecified atom stereocenters. The molecule has 1 saturated carbocycles. The molecule has 0 bridgehead atoms. The van der Waals surface area contributed by atoms with Crippen molar-refractivity contribution in [1.29, 1.82) is 15.8 Å². The van der Waals surface area contributed by atoms with Crippen molar-refractivity contribution in [2.24, 2.45) is 5.92 Å². The summed E-state index contributed by atoms with van der Waals surface area (Å²) in [5.41, 5.74) is 0.748. The number of hydrogen-bond acceptors (Lipinski definition) is 6. The average Bonchev–Trinajstić information content (AvgIpc) is 2.94. The Morgan fingerprint density at radius 3 is 2.48 bits per heavy atom. The molecule has 108 valence electrons. The minimum Gasteiger partial charge on any atom is -0.462 e. The molecular weight excluding hydrogens is 286 g/mol. The average molecular weight is 301 g/mol. The molecule has 6 heteroatoms. The van der Waals surface area contributed by atoms with Gasteiger partial charge in [0.2, 0.25) is 0 Å². The van der Waals surface area contributed by atoms with Crippen molar-refractivity contribution in [1.82, 2.24) is 0 Å². The molecule has 0 aromatic carbocycles. The number of rotatable bonds is 4. The predicted octanol–water partition coefficient (Wildman–Crippen LogP) is 2.83. The van der Waals surface area contributed by atoms with Crippen molar-refractivity contribution in [3.8, 4) is 18.2 Å². The molecule has 0 N–H and O–H groups in total. The Labute approximate surface area is 128 Å². The lowest BCUT2D eigenvalue weighted by Crippen LogP contribution is -2.12. The van der Waals surface area contributed by atoms with Crippen LogP contribution >= 0.6 is 11.8 Å². The van der Waals surface area contributed by atoms with Gasteiger partial charge in [-0.1, -0.05) is 0 Å². The molecule has 0 aromatic rings.